The molecule has 1 saturated carbocycles. The number of carboxylic acids is 1. The highest BCUT2D eigenvalue weighted by molar-refractivity contribution is 8.00. The molecule has 2 atom stereocenters. The van der Waals surface area contributed by atoms with Crippen LogP contribution in [0.5, 0.6) is 0 Å². The van der Waals surface area contributed by atoms with Gasteiger partial charge in [0.1, 0.15) is 28.9 Å². The zero-order chi connectivity index (χ0) is 30.1. The molecule has 1 aromatic heterocycles. The number of allylic oxidation sites excluding steroid dienone is 1. The zero-order valence-corrected chi connectivity index (χ0v) is 26.5. The van der Waals surface area contributed by atoms with E-state index in [1.54, 1.807) is 11.5 Å². The summed E-state index contributed by atoms with van der Waals surface area (Å²) >= 11 is 2.50. The standard InChI is InChI=1S/C28H35N7O6S2.ClH/c29-28-31-19(14-43-28)20(33-41-18-3-1-2-4-18)23(36)32-21-25(38)35-22(27(39)40)17(13-42-26(21)35)11-16-7-10-34(24(16)37)12-15-5-8-30-9-6-15;/h11,14-15,18,21,26,30H,1-10,12-13H2,(H2,29,31)(H,32,36)(H,39,40);1H/t21-,26-;/m1./s1. The number of anilines is 1. The van der Waals surface area contributed by atoms with Gasteiger partial charge in [0.25, 0.3) is 11.8 Å². The van der Waals surface area contributed by atoms with Crippen molar-refractivity contribution < 1.29 is 29.1 Å². The van der Waals surface area contributed by atoms with Crippen LogP contribution >= 0.6 is 35.5 Å². The number of likely N-dealkylation sites (tertiary alicyclic amines) is 1. The molecule has 4 fully saturated rings. The quantitative estimate of drug-likeness (QED) is 0.131. The number of thioether (sulfide) groups is 1. The summed E-state index contributed by atoms with van der Waals surface area (Å²) in [6, 6.07) is -0.956. The Morgan fingerprint density at radius 1 is 1.23 bits per heavy atom. The lowest BCUT2D eigenvalue weighted by Gasteiger charge is -2.49. The van der Waals surface area contributed by atoms with E-state index in [2.05, 4.69) is 20.8 Å². The van der Waals surface area contributed by atoms with Crippen LogP contribution in [0.1, 0.15) is 50.6 Å². The molecule has 16 heteroatoms. The lowest BCUT2D eigenvalue weighted by Crippen LogP contribution is -2.71. The highest BCUT2D eigenvalue weighted by Gasteiger charge is 2.54. The lowest BCUT2D eigenvalue weighted by atomic mass is 9.97. The molecule has 4 aliphatic heterocycles. The van der Waals surface area contributed by atoms with Crippen molar-refractivity contribution in [2.75, 3.05) is 37.7 Å². The molecule has 0 spiro atoms. The van der Waals surface area contributed by atoms with E-state index in [1.807, 2.05) is 4.90 Å². The number of nitrogen functional groups attached to an aromatic ring is 1. The number of oxime groups is 1. The smallest absolute Gasteiger partial charge is 0.352 e. The number of β-lactam (4-membered cyclic amide) rings is 1. The molecule has 5 N–H and O–H groups in total. The van der Waals surface area contributed by atoms with Crippen LogP contribution < -0.4 is 16.4 Å². The van der Waals surface area contributed by atoms with E-state index in [0.29, 0.717) is 36.6 Å². The Hall–Kier alpha value is -3.14. The zero-order valence-electron chi connectivity index (χ0n) is 24.0. The van der Waals surface area contributed by atoms with Crippen molar-refractivity contribution in [2.45, 2.75) is 62.5 Å². The SMILES string of the molecule is Cl.Nc1nc(C(=NOC2CCCC2)C(=O)N[C@@H]2C(=O)N3C(C(=O)O)=C(C=C4CCN(CC5CCNCC5)C4=O)CS[C@H]23)cs1. The van der Waals surface area contributed by atoms with Gasteiger partial charge in [0.05, 0.1) is 0 Å². The largest absolute Gasteiger partial charge is 0.477 e. The topological polar surface area (TPSA) is 180 Å². The van der Waals surface area contributed by atoms with Crippen molar-refractivity contribution in [3.05, 3.63) is 34.0 Å². The van der Waals surface area contributed by atoms with Crippen molar-refractivity contribution in [3.63, 3.8) is 0 Å². The molecule has 0 radical (unpaired) electrons. The van der Waals surface area contributed by atoms with Gasteiger partial charge in [-0.1, -0.05) is 5.16 Å². The number of halogens is 1. The van der Waals surface area contributed by atoms with E-state index >= 15 is 0 Å². The number of thiazole rings is 1. The number of carbonyl (C=O) groups excluding carboxylic acids is 3. The summed E-state index contributed by atoms with van der Waals surface area (Å²) in [5, 5.41) is 21.5. The third kappa shape index (κ3) is 6.60. The minimum Gasteiger partial charge on any atom is -0.477 e. The van der Waals surface area contributed by atoms with Gasteiger partial charge >= 0.3 is 5.97 Å². The van der Waals surface area contributed by atoms with Gasteiger partial charge in [0.2, 0.25) is 5.91 Å². The molecule has 5 heterocycles. The van der Waals surface area contributed by atoms with E-state index in [1.165, 1.54) is 16.7 Å². The number of hydrogen-bond donors (Lipinski definition) is 4. The molecule has 0 bridgehead atoms. The monoisotopic (exact) mass is 665 g/mol. The van der Waals surface area contributed by atoms with Gasteiger partial charge in [-0.15, -0.1) is 35.5 Å². The maximum absolute atomic E-state index is 13.3. The minimum absolute atomic E-state index is 0. The molecule has 1 aromatic rings. The van der Waals surface area contributed by atoms with E-state index in [-0.39, 0.29) is 52.4 Å². The summed E-state index contributed by atoms with van der Waals surface area (Å²) in [4.78, 5) is 65.0. The second-order valence-electron chi connectivity index (χ2n) is 11.4. The van der Waals surface area contributed by atoms with Gasteiger partial charge in [-0.25, -0.2) is 9.78 Å². The van der Waals surface area contributed by atoms with Gasteiger partial charge in [-0.05, 0) is 75.6 Å². The molecule has 44 heavy (non-hydrogen) atoms. The fraction of sp³-hybridized carbons (Fsp3) is 0.571. The number of hydrogen-bond acceptors (Lipinski definition) is 11. The molecule has 13 nitrogen and oxygen atoms in total. The number of rotatable bonds is 9. The van der Waals surface area contributed by atoms with Crippen LogP contribution in [0.15, 0.2) is 33.5 Å². The van der Waals surface area contributed by atoms with Crippen LogP contribution in [-0.2, 0) is 24.0 Å². The molecular formula is C28H36ClN7O6S2. The Morgan fingerprint density at radius 3 is 2.66 bits per heavy atom. The van der Waals surface area contributed by atoms with Crippen LogP contribution in [0.3, 0.4) is 0 Å². The van der Waals surface area contributed by atoms with Gasteiger partial charge < -0.3 is 31.2 Å². The number of carbonyl (C=O) groups is 4. The maximum atomic E-state index is 13.3. The molecule has 5 aliphatic rings. The van der Waals surface area contributed by atoms with Crippen LogP contribution in [0.2, 0.25) is 0 Å². The molecule has 238 valence electrons. The van der Waals surface area contributed by atoms with Crippen molar-refractivity contribution in [1.29, 1.82) is 0 Å². The Bertz CT molecular complexity index is 1400. The highest BCUT2D eigenvalue weighted by Crippen LogP contribution is 2.41. The number of aromatic nitrogens is 1. The number of carboxylic acid groups (broad SMARTS) is 1. The Kier molecular flexibility index (Phi) is 10.2. The van der Waals surface area contributed by atoms with Crippen LogP contribution in [0.4, 0.5) is 5.13 Å². The van der Waals surface area contributed by atoms with Crippen LogP contribution in [-0.4, -0.2) is 98.7 Å². The highest BCUT2D eigenvalue weighted by atomic mass is 35.5. The maximum Gasteiger partial charge on any atom is 0.352 e. The first-order chi connectivity index (χ1) is 20.8. The minimum atomic E-state index is -1.25. The molecule has 6 rings (SSSR count). The van der Waals surface area contributed by atoms with Crippen molar-refractivity contribution in [3.8, 4) is 0 Å². The fourth-order valence-electron chi connectivity index (χ4n) is 6.25. The first kappa shape index (κ1) is 32.3. The summed E-state index contributed by atoms with van der Waals surface area (Å²) in [5.41, 5.74) is 6.77. The van der Waals surface area contributed by atoms with E-state index < -0.39 is 29.2 Å². The number of nitrogens with two attached hydrogens (primary N) is 1. The van der Waals surface area contributed by atoms with Crippen LogP contribution in [0, 0.1) is 5.92 Å². The van der Waals surface area contributed by atoms with Crippen LogP contribution in [0.25, 0.3) is 0 Å². The number of amides is 3. The molecular weight excluding hydrogens is 630 g/mol. The Balaban J connectivity index is 0.00000384. The van der Waals surface area contributed by atoms with E-state index in [9.17, 15) is 24.3 Å². The number of nitrogens with one attached hydrogen (secondary N) is 2. The van der Waals surface area contributed by atoms with Gasteiger partial charge in [-0.3, -0.25) is 19.3 Å². The predicted octanol–water partition coefficient (Wildman–Crippen LogP) is 1.71. The second-order valence-corrected chi connectivity index (χ2v) is 13.4. The summed E-state index contributed by atoms with van der Waals surface area (Å²) in [5.74, 6) is -1.78. The van der Waals surface area contributed by atoms with Crippen molar-refractivity contribution in [1.82, 2.24) is 25.4 Å². The summed E-state index contributed by atoms with van der Waals surface area (Å²) < 4.78 is 0. The predicted molar refractivity (Wildman–Crippen MR) is 168 cm³/mol. The van der Waals surface area contributed by atoms with Gasteiger partial charge in [-0.2, -0.15) is 0 Å². The van der Waals surface area contributed by atoms with Gasteiger partial charge in [0.15, 0.2) is 10.8 Å². The van der Waals surface area contributed by atoms with Crippen molar-refractivity contribution in [2.24, 2.45) is 11.1 Å². The number of piperidine rings is 1. The average molecular weight is 666 g/mol. The first-order valence-electron chi connectivity index (χ1n) is 14.7. The van der Waals surface area contributed by atoms with Crippen molar-refractivity contribution >= 4 is 70.0 Å². The fourth-order valence-corrected chi connectivity index (χ4v) is 8.10. The number of fused-ring (bicyclic) bond motifs is 1. The summed E-state index contributed by atoms with van der Waals surface area (Å²) in [6.45, 7) is 3.22. The second kappa shape index (κ2) is 13.9. The van der Waals surface area contributed by atoms with E-state index in [0.717, 1.165) is 63.0 Å². The third-order valence-corrected chi connectivity index (χ3v) is 10.5. The number of nitrogens with zero attached hydrogens (tertiary/aromatic N) is 4. The molecule has 0 unspecified atom stereocenters. The third-order valence-electron chi connectivity index (χ3n) is 8.56. The Labute approximate surface area is 269 Å². The lowest BCUT2D eigenvalue weighted by molar-refractivity contribution is -0.150. The average Bonchev–Trinajstić information content (AvgIpc) is 3.75. The molecule has 3 saturated heterocycles. The summed E-state index contributed by atoms with van der Waals surface area (Å²) in [6.07, 6.45) is 7.90. The Morgan fingerprint density at radius 2 is 1.98 bits per heavy atom. The molecule has 3 amide bonds. The summed E-state index contributed by atoms with van der Waals surface area (Å²) in [7, 11) is 0. The van der Waals surface area contributed by atoms with E-state index in [4.69, 9.17) is 10.6 Å². The number of aliphatic carboxylic acids is 1. The first-order valence-corrected chi connectivity index (χ1v) is 16.6. The van der Waals surface area contributed by atoms with Gasteiger partial charge in [0, 0.05) is 29.8 Å². The molecule has 1 aliphatic carbocycles. The normalized spacial score (nSPS) is 25.6. The molecule has 0 aromatic carbocycles.